The summed E-state index contributed by atoms with van der Waals surface area (Å²) in [7, 11) is 0. The Morgan fingerprint density at radius 2 is 1.52 bits per heavy atom. The number of halogens is 1. The standard InChI is InChI=1S/C21H16ClN3O3S/c22-16-11-12-17(18(13-16)25(27)28)23-21(29)24-20(26)19(14-7-3-1-4-8-14)15-9-5-2-6-10-15/h1-13,19H,(H2,23,24,26,29). The van der Waals surface area contributed by atoms with E-state index in [-0.39, 0.29) is 27.4 Å². The number of carbonyl (C=O) groups is 1. The van der Waals surface area contributed by atoms with Crippen LogP contribution in [0.5, 0.6) is 0 Å². The molecular formula is C21H16ClN3O3S. The molecule has 29 heavy (non-hydrogen) atoms. The van der Waals surface area contributed by atoms with E-state index in [0.29, 0.717) is 0 Å². The molecule has 0 radical (unpaired) electrons. The van der Waals surface area contributed by atoms with Gasteiger partial charge in [0.05, 0.1) is 10.8 Å². The maximum Gasteiger partial charge on any atom is 0.294 e. The highest BCUT2D eigenvalue weighted by Crippen LogP contribution is 2.28. The van der Waals surface area contributed by atoms with Crippen LogP contribution in [0, 0.1) is 10.1 Å². The lowest BCUT2D eigenvalue weighted by molar-refractivity contribution is -0.383. The number of nitrogens with one attached hydrogen (secondary N) is 2. The van der Waals surface area contributed by atoms with Crippen molar-refractivity contribution < 1.29 is 9.72 Å². The van der Waals surface area contributed by atoms with Gasteiger partial charge in [0.1, 0.15) is 5.69 Å². The van der Waals surface area contributed by atoms with E-state index in [0.717, 1.165) is 11.1 Å². The van der Waals surface area contributed by atoms with E-state index in [9.17, 15) is 14.9 Å². The van der Waals surface area contributed by atoms with Crippen LogP contribution in [0.25, 0.3) is 0 Å². The molecule has 6 nitrogen and oxygen atoms in total. The number of nitrogens with zero attached hydrogens (tertiary/aromatic N) is 1. The molecule has 3 rings (SSSR count). The zero-order valence-corrected chi connectivity index (χ0v) is 16.6. The SMILES string of the molecule is O=C(NC(=S)Nc1ccc(Cl)cc1[N+](=O)[O-])C(c1ccccc1)c1ccccc1. The predicted octanol–water partition coefficient (Wildman–Crippen LogP) is 4.89. The van der Waals surface area contributed by atoms with E-state index >= 15 is 0 Å². The summed E-state index contributed by atoms with van der Waals surface area (Å²) in [6.07, 6.45) is 0. The van der Waals surface area contributed by atoms with Crippen LogP contribution in [0.2, 0.25) is 5.02 Å². The van der Waals surface area contributed by atoms with E-state index in [2.05, 4.69) is 10.6 Å². The van der Waals surface area contributed by atoms with Crippen LogP contribution in [0.15, 0.2) is 78.9 Å². The third-order valence-corrected chi connectivity index (χ3v) is 4.61. The first kappa shape index (κ1) is 20.4. The number of carbonyl (C=O) groups excluding carboxylic acids is 1. The molecule has 0 aromatic heterocycles. The second-order valence-corrected chi connectivity index (χ2v) is 6.96. The van der Waals surface area contributed by atoms with Gasteiger partial charge in [-0.25, -0.2) is 0 Å². The summed E-state index contributed by atoms with van der Waals surface area (Å²) in [5.74, 6) is -0.936. The van der Waals surface area contributed by atoms with Crippen molar-refractivity contribution in [1.29, 1.82) is 0 Å². The third-order valence-electron chi connectivity index (χ3n) is 4.17. The molecule has 0 saturated heterocycles. The first-order valence-electron chi connectivity index (χ1n) is 8.61. The van der Waals surface area contributed by atoms with Crippen molar-refractivity contribution in [2.24, 2.45) is 0 Å². The third kappa shape index (κ3) is 5.16. The zero-order chi connectivity index (χ0) is 20.8. The summed E-state index contributed by atoms with van der Waals surface area (Å²) in [5.41, 5.74) is 1.50. The fourth-order valence-electron chi connectivity index (χ4n) is 2.89. The van der Waals surface area contributed by atoms with Crippen molar-refractivity contribution in [3.8, 4) is 0 Å². The Kier molecular flexibility index (Phi) is 6.54. The Bertz CT molecular complexity index is 1010. The van der Waals surface area contributed by atoms with Crippen LogP contribution < -0.4 is 10.6 Å². The second-order valence-electron chi connectivity index (χ2n) is 6.12. The molecule has 1 amide bonds. The first-order chi connectivity index (χ1) is 14.0. The van der Waals surface area contributed by atoms with Gasteiger partial charge in [0.2, 0.25) is 5.91 Å². The molecule has 3 aromatic carbocycles. The molecule has 2 N–H and O–H groups in total. The van der Waals surface area contributed by atoms with Crippen LogP contribution in [0.4, 0.5) is 11.4 Å². The number of hydrogen-bond donors (Lipinski definition) is 2. The molecule has 3 aromatic rings. The Hall–Kier alpha value is -3.29. The molecule has 0 spiro atoms. The van der Waals surface area contributed by atoms with E-state index in [1.54, 1.807) is 0 Å². The molecule has 0 aliphatic carbocycles. The topological polar surface area (TPSA) is 84.3 Å². The average Bonchev–Trinajstić information content (AvgIpc) is 2.71. The smallest absolute Gasteiger partial charge is 0.294 e. The van der Waals surface area contributed by atoms with Gasteiger partial charge in [-0.2, -0.15) is 0 Å². The lowest BCUT2D eigenvalue weighted by atomic mass is 9.90. The molecular weight excluding hydrogens is 410 g/mol. The van der Waals surface area contributed by atoms with Crippen molar-refractivity contribution in [3.05, 3.63) is 105 Å². The molecule has 0 unspecified atom stereocenters. The number of thiocarbonyl (C=S) groups is 1. The quantitative estimate of drug-likeness (QED) is 0.345. The Balaban J connectivity index is 1.82. The molecule has 0 heterocycles. The van der Waals surface area contributed by atoms with E-state index < -0.39 is 10.8 Å². The van der Waals surface area contributed by atoms with Crippen LogP contribution in [0.3, 0.4) is 0 Å². The molecule has 0 fully saturated rings. The fourth-order valence-corrected chi connectivity index (χ4v) is 3.26. The van der Waals surface area contributed by atoms with E-state index in [1.807, 2.05) is 60.7 Å². The van der Waals surface area contributed by atoms with Gasteiger partial charge in [-0.3, -0.25) is 14.9 Å². The number of anilines is 1. The van der Waals surface area contributed by atoms with Gasteiger partial charge >= 0.3 is 0 Å². The van der Waals surface area contributed by atoms with Crippen molar-refractivity contribution in [2.75, 3.05) is 5.32 Å². The van der Waals surface area contributed by atoms with Gasteiger partial charge in [-0.1, -0.05) is 72.3 Å². The highest BCUT2D eigenvalue weighted by molar-refractivity contribution is 7.80. The lowest BCUT2D eigenvalue weighted by Gasteiger charge is -2.18. The summed E-state index contributed by atoms with van der Waals surface area (Å²) < 4.78 is 0. The summed E-state index contributed by atoms with van der Waals surface area (Å²) >= 11 is 11.0. The number of rotatable bonds is 5. The Labute approximate surface area is 177 Å². The number of amides is 1. The number of hydrogen-bond acceptors (Lipinski definition) is 4. The maximum absolute atomic E-state index is 13.0. The molecule has 0 aliphatic heterocycles. The maximum atomic E-state index is 13.0. The molecule has 8 heteroatoms. The van der Waals surface area contributed by atoms with Crippen LogP contribution in [0.1, 0.15) is 17.0 Å². The van der Waals surface area contributed by atoms with Gasteiger partial charge in [-0.05, 0) is 35.5 Å². The summed E-state index contributed by atoms with van der Waals surface area (Å²) in [6.45, 7) is 0. The minimum atomic E-state index is -0.586. The highest BCUT2D eigenvalue weighted by atomic mass is 35.5. The molecule has 0 atom stereocenters. The molecule has 0 saturated carbocycles. The average molecular weight is 426 g/mol. The van der Waals surface area contributed by atoms with Crippen molar-refractivity contribution in [2.45, 2.75) is 5.92 Å². The summed E-state index contributed by atoms with van der Waals surface area (Å²) in [6, 6.07) is 22.7. The monoisotopic (exact) mass is 425 g/mol. The van der Waals surface area contributed by atoms with Crippen molar-refractivity contribution in [3.63, 3.8) is 0 Å². The van der Waals surface area contributed by atoms with Crippen LogP contribution in [-0.2, 0) is 4.79 Å². The van der Waals surface area contributed by atoms with Gasteiger partial charge < -0.3 is 10.6 Å². The zero-order valence-electron chi connectivity index (χ0n) is 15.0. The molecule has 0 bridgehead atoms. The number of nitro benzene ring substituents is 1. The number of benzene rings is 3. The van der Waals surface area contributed by atoms with Gasteiger partial charge in [0.15, 0.2) is 5.11 Å². The summed E-state index contributed by atoms with van der Waals surface area (Å²) in [5, 5.41) is 16.8. The van der Waals surface area contributed by atoms with Crippen LogP contribution in [-0.4, -0.2) is 15.9 Å². The van der Waals surface area contributed by atoms with Crippen LogP contribution >= 0.6 is 23.8 Å². The normalized spacial score (nSPS) is 10.4. The minimum absolute atomic E-state index is 0.0442. The lowest BCUT2D eigenvalue weighted by Crippen LogP contribution is -2.38. The van der Waals surface area contributed by atoms with E-state index in [1.165, 1.54) is 18.2 Å². The Morgan fingerprint density at radius 3 is 2.03 bits per heavy atom. The second kappa shape index (κ2) is 9.27. The fraction of sp³-hybridized carbons (Fsp3) is 0.0476. The van der Waals surface area contributed by atoms with Gasteiger partial charge in [-0.15, -0.1) is 0 Å². The Morgan fingerprint density at radius 1 is 0.966 bits per heavy atom. The summed E-state index contributed by atoms with van der Waals surface area (Å²) in [4.78, 5) is 23.7. The highest BCUT2D eigenvalue weighted by Gasteiger charge is 2.24. The number of nitro groups is 1. The predicted molar refractivity (Wildman–Crippen MR) is 117 cm³/mol. The van der Waals surface area contributed by atoms with Gasteiger partial charge in [0.25, 0.3) is 5.69 Å². The minimum Gasteiger partial charge on any atom is -0.327 e. The first-order valence-corrected chi connectivity index (χ1v) is 9.40. The van der Waals surface area contributed by atoms with Crippen molar-refractivity contribution >= 4 is 46.2 Å². The largest absolute Gasteiger partial charge is 0.327 e. The van der Waals surface area contributed by atoms with Gasteiger partial charge in [0, 0.05) is 11.1 Å². The molecule has 0 aliphatic rings. The molecule has 146 valence electrons. The van der Waals surface area contributed by atoms with E-state index in [4.69, 9.17) is 23.8 Å². The van der Waals surface area contributed by atoms with Crippen molar-refractivity contribution in [1.82, 2.24) is 5.32 Å².